The molecule has 1 aliphatic rings. The molecule has 1 N–H and O–H groups in total. The minimum atomic E-state index is -0.431. The third-order valence-corrected chi connectivity index (χ3v) is 4.43. The average Bonchev–Trinajstić information content (AvgIpc) is 2.55. The Kier molecular flexibility index (Phi) is 10.4. The molecule has 0 radical (unpaired) electrons. The molecule has 1 fully saturated rings. The number of unbranched alkanes of at least 4 members (excludes halogenated alkanes) is 1. The molecule has 1 heterocycles. The van der Waals surface area contributed by atoms with Crippen molar-refractivity contribution in [2.45, 2.75) is 65.0 Å². The Morgan fingerprint density at radius 3 is 2.68 bits per heavy atom. The monoisotopic (exact) mass is 358 g/mol. The van der Waals surface area contributed by atoms with E-state index in [2.05, 4.69) is 12.2 Å². The Bertz CT molecular complexity index is 371. The van der Waals surface area contributed by atoms with E-state index >= 15 is 0 Å². The van der Waals surface area contributed by atoms with E-state index in [0.29, 0.717) is 25.2 Å². The maximum Gasteiger partial charge on any atom is 0.410 e. The van der Waals surface area contributed by atoms with Crippen LogP contribution in [0.1, 0.15) is 53.4 Å². The third kappa shape index (κ3) is 10.0. The molecule has 6 nitrogen and oxygen atoms in total. The first-order valence-corrected chi connectivity index (χ1v) is 9.61. The maximum absolute atomic E-state index is 12.2. The van der Waals surface area contributed by atoms with Gasteiger partial charge in [0.25, 0.3) is 0 Å². The summed E-state index contributed by atoms with van der Waals surface area (Å²) in [6.45, 7) is 12.6. The highest BCUT2D eigenvalue weighted by molar-refractivity contribution is 5.68. The normalized spacial score (nSPS) is 19.7. The van der Waals surface area contributed by atoms with E-state index in [1.54, 1.807) is 7.11 Å². The molecule has 6 heteroatoms. The summed E-state index contributed by atoms with van der Waals surface area (Å²) >= 11 is 0. The smallest absolute Gasteiger partial charge is 0.410 e. The molecule has 2 unspecified atom stereocenters. The van der Waals surface area contributed by atoms with Crippen molar-refractivity contribution in [2.24, 2.45) is 5.92 Å². The molecule has 0 spiro atoms. The number of nitrogens with one attached hydrogen (secondary N) is 1. The number of methoxy groups -OCH3 is 1. The Balaban J connectivity index is 2.20. The van der Waals surface area contributed by atoms with Gasteiger partial charge in [0.1, 0.15) is 5.60 Å². The first-order valence-electron chi connectivity index (χ1n) is 9.61. The highest BCUT2D eigenvalue weighted by Crippen LogP contribution is 2.21. The van der Waals surface area contributed by atoms with Crippen molar-refractivity contribution in [1.29, 1.82) is 0 Å². The first-order chi connectivity index (χ1) is 11.8. The Morgan fingerprint density at radius 2 is 2.00 bits per heavy atom. The SMILES string of the molecule is COCCOCCCCNC(C)C1CCCN(C(=O)OC(C)(C)C)C1. The molecule has 2 atom stereocenters. The largest absolute Gasteiger partial charge is 0.444 e. The lowest BCUT2D eigenvalue weighted by molar-refractivity contribution is 0.0148. The van der Waals surface area contributed by atoms with Crippen LogP contribution in [0.4, 0.5) is 4.79 Å². The number of likely N-dealkylation sites (tertiary alicyclic amines) is 1. The highest BCUT2D eigenvalue weighted by atomic mass is 16.6. The molecule has 0 aromatic rings. The molecule has 0 aromatic carbocycles. The van der Waals surface area contributed by atoms with E-state index in [1.165, 1.54) is 0 Å². The van der Waals surface area contributed by atoms with Crippen LogP contribution in [-0.2, 0) is 14.2 Å². The Hall–Kier alpha value is -0.850. The number of ether oxygens (including phenoxy) is 3. The van der Waals surface area contributed by atoms with Crippen LogP contribution in [0.2, 0.25) is 0 Å². The van der Waals surface area contributed by atoms with Crippen molar-refractivity contribution in [3.63, 3.8) is 0 Å². The molecule has 0 bridgehead atoms. The summed E-state index contributed by atoms with van der Waals surface area (Å²) in [4.78, 5) is 14.1. The zero-order valence-electron chi connectivity index (χ0n) is 16.8. The first kappa shape index (κ1) is 22.2. The van der Waals surface area contributed by atoms with Gasteiger partial charge in [-0.05, 0) is 65.8 Å². The standard InChI is InChI=1S/C19H38N2O4/c1-16(20-10-6-7-12-24-14-13-23-5)17-9-8-11-21(15-17)18(22)25-19(2,3)4/h16-17,20H,6-15H2,1-5H3. The van der Waals surface area contributed by atoms with E-state index in [1.807, 2.05) is 25.7 Å². The number of hydrogen-bond acceptors (Lipinski definition) is 5. The van der Waals surface area contributed by atoms with Crippen LogP contribution in [0.15, 0.2) is 0 Å². The van der Waals surface area contributed by atoms with E-state index < -0.39 is 5.60 Å². The van der Waals surface area contributed by atoms with Crippen LogP contribution in [0.25, 0.3) is 0 Å². The van der Waals surface area contributed by atoms with Gasteiger partial charge in [0, 0.05) is 32.8 Å². The summed E-state index contributed by atoms with van der Waals surface area (Å²) in [5, 5.41) is 3.60. The predicted molar refractivity (Wildman–Crippen MR) is 99.9 cm³/mol. The molecular formula is C19H38N2O4. The number of rotatable bonds is 10. The van der Waals surface area contributed by atoms with Crippen molar-refractivity contribution in [1.82, 2.24) is 10.2 Å². The average molecular weight is 359 g/mol. The van der Waals surface area contributed by atoms with Gasteiger partial charge in [-0.1, -0.05) is 0 Å². The number of hydrogen-bond donors (Lipinski definition) is 1. The van der Waals surface area contributed by atoms with Gasteiger partial charge in [-0.2, -0.15) is 0 Å². The topological polar surface area (TPSA) is 60.0 Å². The fourth-order valence-electron chi connectivity index (χ4n) is 2.98. The minimum absolute atomic E-state index is 0.183. The zero-order chi connectivity index (χ0) is 18.7. The summed E-state index contributed by atoms with van der Waals surface area (Å²) in [6, 6.07) is 0.402. The molecule has 25 heavy (non-hydrogen) atoms. The Morgan fingerprint density at radius 1 is 1.24 bits per heavy atom. The van der Waals surface area contributed by atoms with Gasteiger partial charge < -0.3 is 24.4 Å². The molecule has 1 aliphatic heterocycles. The second-order valence-corrected chi connectivity index (χ2v) is 7.88. The molecule has 1 rings (SSSR count). The summed E-state index contributed by atoms with van der Waals surface area (Å²) < 4.78 is 15.9. The van der Waals surface area contributed by atoms with Gasteiger partial charge >= 0.3 is 6.09 Å². The lowest BCUT2D eigenvalue weighted by Gasteiger charge is -2.36. The van der Waals surface area contributed by atoms with Gasteiger partial charge in [-0.15, -0.1) is 0 Å². The van der Waals surface area contributed by atoms with E-state index in [4.69, 9.17) is 14.2 Å². The van der Waals surface area contributed by atoms with Gasteiger partial charge in [0.15, 0.2) is 0 Å². The van der Waals surface area contributed by atoms with Crippen LogP contribution >= 0.6 is 0 Å². The van der Waals surface area contributed by atoms with Crippen molar-refractivity contribution >= 4 is 6.09 Å². The van der Waals surface area contributed by atoms with Crippen molar-refractivity contribution < 1.29 is 19.0 Å². The molecule has 0 aliphatic carbocycles. The molecular weight excluding hydrogens is 320 g/mol. The number of carbonyl (C=O) groups excluding carboxylic acids is 1. The fourth-order valence-corrected chi connectivity index (χ4v) is 2.98. The highest BCUT2D eigenvalue weighted by Gasteiger charge is 2.29. The number of carbonyl (C=O) groups is 1. The molecule has 0 saturated carbocycles. The minimum Gasteiger partial charge on any atom is -0.444 e. The van der Waals surface area contributed by atoms with Crippen molar-refractivity contribution in [3.05, 3.63) is 0 Å². The van der Waals surface area contributed by atoms with Crippen LogP contribution < -0.4 is 5.32 Å². The summed E-state index contributed by atoms with van der Waals surface area (Å²) in [5.74, 6) is 0.485. The number of nitrogens with zero attached hydrogens (tertiary/aromatic N) is 1. The molecule has 1 saturated heterocycles. The predicted octanol–water partition coefficient (Wildman–Crippen LogP) is 3.05. The van der Waals surface area contributed by atoms with Crippen molar-refractivity contribution in [3.8, 4) is 0 Å². The summed E-state index contributed by atoms with van der Waals surface area (Å²) in [6.07, 6.45) is 4.17. The van der Waals surface area contributed by atoms with Gasteiger partial charge in [0.2, 0.25) is 0 Å². The van der Waals surface area contributed by atoms with Crippen molar-refractivity contribution in [2.75, 3.05) is 46.6 Å². The van der Waals surface area contributed by atoms with Crippen LogP contribution in [-0.4, -0.2) is 69.2 Å². The lowest BCUT2D eigenvalue weighted by Crippen LogP contribution is -2.48. The molecule has 1 amide bonds. The van der Waals surface area contributed by atoms with Gasteiger partial charge in [-0.25, -0.2) is 4.79 Å². The van der Waals surface area contributed by atoms with E-state index in [-0.39, 0.29) is 6.09 Å². The molecule has 148 valence electrons. The molecule has 0 aromatic heterocycles. The van der Waals surface area contributed by atoms with Gasteiger partial charge in [-0.3, -0.25) is 0 Å². The van der Waals surface area contributed by atoms with Crippen LogP contribution in [0.3, 0.4) is 0 Å². The lowest BCUT2D eigenvalue weighted by atomic mass is 9.91. The second-order valence-electron chi connectivity index (χ2n) is 7.88. The van der Waals surface area contributed by atoms with Crippen LogP contribution in [0, 0.1) is 5.92 Å². The Labute approximate surface area is 153 Å². The summed E-state index contributed by atoms with van der Waals surface area (Å²) in [7, 11) is 1.68. The fraction of sp³-hybridized carbons (Fsp3) is 0.947. The van der Waals surface area contributed by atoms with Gasteiger partial charge in [0.05, 0.1) is 13.2 Å². The number of piperidine rings is 1. The van der Waals surface area contributed by atoms with Crippen LogP contribution in [0.5, 0.6) is 0 Å². The van der Waals surface area contributed by atoms with E-state index in [0.717, 1.165) is 51.9 Å². The maximum atomic E-state index is 12.2. The second kappa shape index (κ2) is 11.7. The third-order valence-electron chi connectivity index (χ3n) is 4.43. The quantitative estimate of drug-likeness (QED) is 0.608. The van der Waals surface area contributed by atoms with E-state index in [9.17, 15) is 4.79 Å². The zero-order valence-corrected chi connectivity index (χ0v) is 16.8. The summed E-state index contributed by atoms with van der Waals surface area (Å²) in [5.41, 5.74) is -0.431. The number of amides is 1.